The number of rotatable bonds is 10. The maximum atomic E-state index is 14.5. The number of alkyl halides is 5. The second-order valence-corrected chi connectivity index (χ2v) is 16.4. The van der Waals surface area contributed by atoms with E-state index in [1.54, 1.807) is 12.1 Å². The van der Waals surface area contributed by atoms with E-state index in [2.05, 4.69) is 10.0 Å². The van der Waals surface area contributed by atoms with E-state index in [0.29, 0.717) is 29.3 Å². The van der Waals surface area contributed by atoms with Crippen LogP contribution in [0.3, 0.4) is 0 Å². The maximum absolute atomic E-state index is 14.5. The van der Waals surface area contributed by atoms with Crippen LogP contribution in [0.1, 0.15) is 93.5 Å². The Balaban J connectivity index is 1.57. The van der Waals surface area contributed by atoms with Gasteiger partial charge in [0.25, 0.3) is 0 Å². The molecule has 0 radical (unpaired) electrons. The topological polar surface area (TPSA) is 115 Å². The Morgan fingerprint density at radius 3 is 2.15 bits per heavy atom. The van der Waals surface area contributed by atoms with Crippen molar-refractivity contribution in [2.45, 2.75) is 94.5 Å². The summed E-state index contributed by atoms with van der Waals surface area (Å²) in [5, 5.41) is 21.0. The highest BCUT2D eigenvalue weighted by atomic mass is 32.2. The molecule has 1 fully saturated rings. The van der Waals surface area contributed by atoms with E-state index < -0.39 is 45.4 Å². The van der Waals surface area contributed by atoms with E-state index >= 15 is 0 Å². The maximum Gasteiger partial charge on any atom is 0.416 e. The number of unbranched alkanes of at least 4 members (excludes halogenated alkanes) is 2. The van der Waals surface area contributed by atoms with Crippen LogP contribution < -0.4 is 14.8 Å². The molecule has 13 heteroatoms. The normalized spacial score (nSPS) is 19.3. The molecular formula is C39H41F5N4O3S. The number of amidine groups is 2. The van der Waals surface area contributed by atoms with Crippen LogP contribution in [-0.2, 0) is 21.6 Å². The number of ether oxygens (including phenoxy) is 1. The zero-order chi connectivity index (χ0) is 37.7. The summed E-state index contributed by atoms with van der Waals surface area (Å²) in [5.74, 6) is -0.619. The Morgan fingerprint density at radius 2 is 1.54 bits per heavy atom. The molecule has 276 valence electrons. The second kappa shape index (κ2) is 13.9. The lowest BCUT2D eigenvalue weighted by Gasteiger charge is -2.24. The minimum atomic E-state index is -4.80. The van der Waals surface area contributed by atoms with Crippen molar-refractivity contribution in [2.24, 2.45) is 0 Å². The summed E-state index contributed by atoms with van der Waals surface area (Å²) in [6.45, 7) is 8.27. The van der Waals surface area contributed by atoms with E-state index in [1.807, 2.05) is 33.8 Å². The van der Waals surface area contributed by atoms with Crippen molar-refractivity contribution in [3.8, 4) is 22.6 Å². The number of hydrogen-bond donors (Lipinski definition) is 4. The number of hydrogen-bond acceptors (Lipinski definition) is 5. The molecule has 0 amide bonds. The fourth-order valence-electron chi connectivity index (χ4n) is 6.90. The molecule has 4 aromatic rings. The van der Waals surface area contributed by atoms with Crippen LogP contribution >= 0.6 is 0 Å². The average Bonchev–Trinajstić information content (AvgIpc) is 3.56. The van der Waals surface area contributed by atoms with Gasteiger partial charge in [-0.25, -0.2) is 21.9 Å². The van der Waals surface area contributed by atoms with Crippen molar-refractivity contribution in [1.82, 2.24) is 10.0 Å². The number of benzene rings is 4. The largest absolute Gasteiger partial charge is 0.457 e. The van der Waals surface area contributed by atoms with Crippen molar-refractivity contribution in [3.05, 3.63) is 88.5 Å². The first-order chi connectivity index (χ1) is 24.4. The first-order valence-corrected chi connectivity index (χ1v) is 18.7. The molecule has 7 nitrogen and oxygen atoms in total. The summed E-state index contributed by atoms with van der Waals surface area (Å²) >= 11 is 0. The van der Waals surface area contributed by atoms with Gasteiger partial charge >= 0.3 is 6.18 Å². The number of halogens is 5. The highest BCUT2D eigenvalue weighted by Gasteiger charge is 2.39. The molecule has 4 aromatic carbocycles. The van der Waals surface area contributed by atoms with Crippen molar-refractivity contribution in [1.29, 1.82) is 10.8 Å². The smallest absolute Gasteiger partial charge is 0.416 e. The van der Waals surface area contributed by atoms with E-state index in [-0.39, 0.29) is 63.2 Å². The Kier molecular flexibility index (Phi) is 9.99. The van der Waals surface area contributed by atoms with Crippen LogP contribution in [0.15, 0.2) is 65.6 Å². The molecule has 0 saturated heterocycles. The lowest BCUT2D eigenvalue weighted by atomic mass is 9.82. The fraction of sp³-hybridized carbons (Fsp3) is 0.385. The third-order valence-corrected chi connectivity index (χ3v) is 11.2. The molecule has 6 rings (SSSR count). The second-order valence-electron chi connectivity index (χ2n) is 14.6. The van der Waals surface area contributed by atoms with Gasteiger partial charge in [0, 0.05) is 28.6 Å². The van der Waals surface area contributed by atoms with Crippen LogP contribution in [-0.4, -0.2) is 39.0 Å². The summed E-state index contributed by atoms with van der Waals surface area (Å²) < 4.78 is 107. The first kappa shape index (κ1) is 37.4. The van der Waals surface area contributed by atoms with E-state index in [4.69, 9.17) is 15.6 Å². The Bertz CT molecular complexity index is 2150. The van der Waals surface area contributed by atoms with Gasteiger partial charge in [-0.15, -0.1) is 0 Å². The standard InChI is InChI=1S/C39H41F5N4O3S/c1-5-6-7-12-47-52(49,50)28-10-8-27(9-11-28)51-32-20-25(38(2,3)4)15-24-17-29-35(37(46)48-36(29)45)34(33(24)32)23-13-21(14-26(16-23)39(42,43)44)22-18-30(40)31(41)19-22/h8-11,13-17,20,22,30-31,47H,5-7,12,18-19H2,1-4H3,(H3,45,46,48). The molecule has 2 unspecified atom stereocenters. The van der Waals surface area contributed by atoms with Crippen LogP contribution in [0.2, 0.25) is 0 Å². The monoisotopic (exact) mass is 740 g/mol. The molecule has 2 aliphatic rings. The van der Waals surface area contributed by atoms with Crippen molar-refractivity contribution in [2.75, 3.05) is 6.54 Å². The molecule has 0 spiro atoms. The van der Waals surface area contributed by atoms with E-state index in [0.717, 1.165) is 30.5 Å². The van der Waals surface area contributed by atoms with Crippen LogP contribution in [0.25, 0.3) is 21.9 Å². The first-order valence-electron chi connectivity index (χ1n) is 17.3. The van der Waals surface area contributed by atoms with Gasteiger partial charge in [0.15, 0.2) is 0 Å². The predicted octanol–water partition coefficient (Wildman–Crippen LogP) is 9.89. The third kappa shape index (κ3) is 7.43. The Morgan fingerprint density at radius 1 is 0.865 bits per heavy atom. The zero-order valence-corrected chi connectivity index (χ0v) is 30.1. The van der Waals surface area contributed by atoms with Gasteiger partial charge in [0.1, 0.15) is 35.5 Å². The van der Waals surface area contributed by atoms with Gasteiger partial charge in [-0.2, -0.15) is 13.2 Å². The van der Waals surface area contributed by atoms with Crippen LogP contribution in [0.4, 0.5) is 22.0 Å². The quantitative estimate of drug-likeness (QED) is 0.0957. The van der Waals surface area contributed by atoms with Crippen molar-refractivity contribution >= 4 is 32.5 Å². The summed E-state index contributed by atoms with van der Waals surface area (Å²) in [4.78, 5) is 0.0376. The lowest BCUT2D eigenvalue weighted by molar-refractivity contribution is -0.137. The van der Waals surface area contributed by atoms with Gasteiger partial charge in [-0.1, -0.05) is 52.7 Å². The number of sulfonamides is 1. The molecule has 1 saturated carbocycles. The summed E-state index contributed by atoms with van der Waals surface area (Å²) in [7, 11) is -3.78. The predicted molar refractivity (Wildman–Crippen MR) is 193 cm³/mol. The molecular weight excluding hydrogens is 700 g/mol. The van der Waals surface area contributed by atoms with Gasteiger partial charge in [-0.05, 0) is 101 Å². The highest BCUT2D eigenvalue weighted by molar-refractivity contribution is 7.89. The lowest BCUT2D eigenvalue weighted by Crippen LogP contribution is -2.24. The van der Waals surface area contributed by atoms with Crippen molar-refractivity contribution in [3.63, 3.8) is 0 Å². The fourth-order valence-corrected chi connectivity index (χ4v) is 7.98. The minimum Gasteiger partial charge on any atom is -0.457 e. The third-order valence-electron chi connectivity index (χ3n) is 9.73. The zero-order valence-electron chi connectivity index (χ0n) is 29.3. The molecule has 0 aromatic heterocycles. The van der Waals surface area contributed by atoms with E-state index in [9.17, 15) is 30.4 Å². The SMILES string of the molecule is CCCCCNS(=O)(=O)c1ccc(Oc2cc(C(C)(C)C)cc3cc4c(c(-c5cc(C6CC(F)C(F)C6)cc(C(F)(F)F)c5)c23)C(=N)NC4=N)cc1. The van der Waals surface area contributed by atoms with Crippen LogP contribution in [0, 0.1) is 10.8 Å². The molecule has 1 aliphatic heterocycles. The Hall–Kier alpha value is -4.36. The molecule has 1 aliphatic carbocycles. The Labute approximate surface area is 300 Å². The molecule has 1 heterocycles. The van der Waals surface area contributed by atoms with Gasteiger partial charge in [-0.3, -0.25) is 10.8 Å². The van der Waals surface area contributed by atoms with Gasteiger partial charge in [0.05, 0.1) is 10.5 Å². The molecule has 52 heavy (non-hydrogen) atoms. The summed E-state index contributed by atoms with van der Waals surface area (Å²) in [5.41, 5.74) is 0.227. The van der Waals surface area contributed by atoms with E-state index in [1.165, 1.54) is 30.3 Å². The minimum absolute atomic E-state index is 0.0376. The summed E-state index contributed by atoms with van der Waals surface area (Å²) in [6, 6.07) is 14.5. The number of nitrogens with one attached hydrogen (secondary N) is 4. The average molecular weight is 741 g/mol. The van der Waals surface area contributed by atoms with Gasteiger partial charge < -0.3 is 10.1 Å². The van der Waals surface area contributed by atoms with Crippen LogP contribution in [0.5, 0.6) is 11.5 Å². The molecule has 2 atom stereocenters. The van der Waals surface area contributed by atoms with Crippen molar-refractivity contribution < 1.29 is 35.1 Å². The molecule has 4 N–H and O–H groups in total. The number of fused-ring (bicyclic) bond motifs is 2. The molecule has 0 bridgehead atoms. The highest BCUT2D eigenvalue weighted by Crippen LogP contribution is 2.48. The summed E-state index contributed by atoms with van der Waals surface area (Å²) in [6.07, 6.45) is -6.39. The van der Waals surface area contributed by atoms with Gasteiger partial charge in [0.2, 0.25) is 10.0 Å².